The third-order valence-corrected chi connectivity index (χ3v) is 4.23. The van der Waals surface area contributed by atoms with E-state index < -0.39 is 6.04 Å². The van der Waals surface area contributed by atoms with E-state index in [4.69, 9.17) is 0 Å². The Morgan fingerprint density at radius 3 is 2.58 bits per heavy atom. The molecule has 2 N–H and O–H groups in total. The van der Waals surface area contributed by atoms with Crippen LogP contribution < -0.4 is 5.32 Å². The SMILES string of the molecule is Oc1c(C(Nc2ccccn2)c2cccc(F)c2)ccc2cccnc12. The van der Waals surface area contributed by atoms with Crippen LogP contribution in [0.25, 0.3) is 10.9 Å². The zero-order valence-electron chi connectivity index (χ0n) is 13.8. The Labute approximate surface area is 150 Å². The Hall–Kier alpha value is -3.47. The first-order valence-corrected chi connectivity index (χ1v) is 8.22. The van der Waals surface area contributed by atoms with E-state index in [2.05, 4.69) is 15.3 Å². The molecule has 0 aliphatic carbocycles. The number of phenols is 1. The molecule has 128 valence electrons. The summed E-state index contributed by atoms with van der Waals surface area (Å²) < 4.78 is 13.8. The fourth-order valence-electron chi connectivity index (χ4n) is 3.00. The maximum Gasteiger partial charge on any atom is 0.147 e. The molecule has 0 fully saturated rings. The standard InChI is InChI=1S/C21H16FN3O/c22-16-7-3-5-15(13-16)19(25-18-8-1-2-11-23-18)17-10-9-14-6-4-12-24-20(14)21(17)26/h1-13,19,26H,(H,23,25). The number of fused-ring (bicyclic) bond motifs is 1. The van der Waals surface area contributed by atoms with Crippen molar-refractivity contribution in [1.29, 1.82) is 0 Å². The Morgan fingerprint density at radius 1 is 0.885 bits per heavy atom. The summed E-state index contributed by atoms with van der Waals surface area (Å²) in [6.45, 7) is 0. The highest BCUT2D eigenvalue weighted by molar-refractivity contribution is 5.86. The number of anilines is 1. The van der Waals surface area contributed by atoms with E-state index in [0.29, 0.717) is 22.5 Å². The molecule has 0 saturated heterocycles. The summed E-state index contributed by atoms with van der Waals surface area (Å²) in [6.07, 6.45) is 3.31. The highest BCUT2D eigenvalue weighted by Crippen LogP contribution is 2.36. The second-order valence-electron chi connectivity index (χ2n) is 5.93. The lowest BCUT2D eigenvalue weighted by Crippen LogP contribution is -2.14. The van der Waals surface area contributed by atoms with Gasteiger partial charge in [-0.1, -0.05) is 36.4 Å². The van der Waals surface area contributed by atoms with Crippen molar-refractivity contribution in [3.05, 3.63) is 96.1 Å². The van der Waals surface area contributed by atoms with Gasteiger partial charge in [-0.25, -0.2) is 9.37 Å². The number of benzene rings is 2. The lowest BCUT2D eigenvalue weighted by Gasteiger charge is -2.22. The molecule has 2 heterocycles. The summed E-state index contributed by atoms with van der Waals surface area (Å²) in [4.78, 5) is 8.56. The summed E-state index contributed by atoms with van der Waals surface area (Å²) in [5, 5.41) is 14.9. The molecule has 2 aromatic carbocycles. The molecule has 5 heteroatoms. The minimum absolute atomic E-state index is 0.0702. The molecule has 0 aliphatic rings. The Kier molecular flexibility index (Phi) is 4.19. The van der Waals surface area contributed by atoms with E-state index in [1.54, 1.807) is 18.5 Å². The van der Waals surface area contributed by atoms with Crippen LogP contribution in [0.2, 0.25) is 0 Å². The van der Waals surface area contributed by atoms with Crippen molar-refractivity contribution in [2.75, 3.05) is 5.32 Å². The smallest absolute Gasteiger partial charge is 0.147 e. The van der Waals surface area contributed by atoms with Gasteiger partial charge in [0.05, 0.1) is 6.04 Å². The number of hydrogen-bond donors (Lipinski definition) is 2. The lowest BCUT2D eigenvalue weighted by atomic mass is 9.96. The van der Waals surface area contributed by atoms with E-state index in [0.717, 1.165) is 5.39 Å². The number of hydrogen-bond acceptors (Lipinski definition) is 4. The van der Waals surface area contributed by atoms with Crippen LogP contribution in [-0.2, 0) is 0 Å². The topological polar surface area (TPSA) is 58.0 Å². The molecular formula is C21H16FN3O. The number of aromatic nitrogens is 2. The average molecular weight is 345 g/mol. The fraction of sp³-hybridized carbons (Fsp3) is 0.0476. The van der Waals surface area contributed by atoms with Crippen LogP contribution in [0.4, 0.5) is 10.2 Å². The number of phenolic OH excluding ortho intramolecular Hbond substituents is 1. The first kappa shape index (κ1) is 16.0. The molecule has 2 aromatic heterocycles. The van der Waals surface area contributed by atoms with Crippen molar-refractivity contribution in [3.63, 3.8) is 0 Å². The molecule has 0 spiro atoms. The van der Waals surface area contributed by atoms with Gasteiger partial charge in [0.2, 0.25) is 0 Å². The van der Waals surface area contributed by atoms with Gasteiger partial charge in [-0.3, -0.25) is 4.98 Å². The molecule has 26 heavy (non-hydrogen) atoms. The van der Waals surface area contributed by atoms with Gasteiger partial charge in [0.25, 0.3) is 0 Å². The number of aromatic hydroxyl groups is 1. The average Bonchev–Trinajstić information content (AvgIpc) is 2.68. The van der Waals surface area contributed by atoms with Gasteiger partial charge in [0.15, 0.2) is 0 Å². The van der Waals surface area contributed by atoms with Crippen LogP contribution in [0.5, 0.6) is 5.75 Å². The maximum absolute atomic E-state index is 13.8. The maximum atomic E-state index is 13.8. The highest BCUT2D eigenvalue weighted by Gasteiger charge is 2.20. The Bertz CT molecular complexity index is 1050. The number of rotatable bonds is 4. The quantitative estimate of drug-likeness (QED) is 0.564. The first-order chi connectivity index (χ1) is 12.7. The third-order valence-electron chi connectivity index (χ3n) is 4.23. The number of pyridine rings is 2. The van der Waals surface area contributed by atoms with E-state index >= 15 is 0 Å². The molecule has 4 nitrogen and oxygen atoms in total. The molecular weight excluding hydrogens is 329 g/mol. The zero-order valence-corrected chi connectivity index (χ0v) is 13.8. The van der Waals surface area contributed by atoms with Gasteiger partial charge >= 0.3 is 0 Å². The largest absolute Gasteiger partial charge is 0.505 e. The van der Waals surface area contributed by atoms with Gasteiger partial charge in [-0.2, -0.15) is 0 Å². The summed E-state index contributed by atoms with van der Waals surface area (Å²) in [7, 11) is 0. The number of nitrogens with zero attached hydrogens (tertiary/aromatic N) is 2. The minimum atomic E-state index is -0.480. The van der Waals surface area contributed by atoms with E-state index in [-0.39, 0.29) is 11.6 Å². The van der Waals surface area contributed by atoms with Gasteiger partial charge in [0, 0.05) is 23.3 Å². The van der Waals surface area contributed by atoms with E-state index in [1.165, 1.54) is 12.1 Å². The third kappa shape index (κ3) is 3.07. The monoisotopic (exact) mass is 345 g/mol. The van der Waals surface area contributed by atoms with Gasteiger partial charge < -0.3 is 10.4 Å². The molecule has 0 radical (unpaired) electrons. The van der Waals surface area contributed by atoms with Crippen molar-refractivity contribution in [1.82, 2.24) is 9.97 Å². The first-order valence-electron chi connectivity index (χ1n) is 8.22. The molecule has 4 rings (SSSR count). The molecule has 0 saturated carbocycles. The van der Waals surface area contributed by atoms with Crippen LogP contribution in [0.1, 0.15) is 17.2 Å². The van der Waals surface area contributed by atoms with Crippen molar-refractivity contribution in [2.24, 2.45) is 0 Å². The number of nitrogens with one attached hydrogen (secondary N) is 1. The van der Waals surface area contributed by atoms with Gasteiger partial charge in [-0.05, 0) is 35.9 Å². The van der Waals surface area contributed by atoms with Crippen molar-refractivity contribution in [2.45, 2.75) is 6.04 Å². The zero-order chi connectivity index (χ0) is 17.9. The molecule has 0 bridgehead atoms. The van der Waals surface area contributed by atoms with Crippen molar-refractivity contribution in [3.8, 4) is 5.75 Å². The van der Waals surface area contributed by atoms with E-state index in [9.17, 15) is 9.50 Å². The predicted molar refractivity (Wildman–Crippen MR) is 99.5 cm³/mol. The van der Waals surface area contributed by atoms with Crippen molar-refractivity contribution >= 4 is 16.7 Å². The van der Waals surface area contributed by atoms with Crippen LogP contribution in [0.15, 0.2) is 79.1 Å². The summed E-state index contributed by atoms with van der Waals surface area (Å²) >= 11 is 0. The van der Waals surface area contributed by atoms with E-state index in [1.807, 2.05) is 48.5 Å². The summed E-state index contributed by atoms with van der Waals surface area (Å²) in [5.74, 6) is 0.358. The normalized spacial score (nSPS) is 12.0. The Morgan fingerprint density at radius 2 is 1.77 bits per heavy atom. The summed E-state index contributed by atoms with van der Waals surface area (Å²) in [5.41, 5.74) is 1.79. The fourth-order valence-corrected chi connectivity index (χ4v) is 3.00. The predicted octanol–water partition coefficient (Wildman–Crippen LogP) is 4.68. The molecule has 1 atom stereocenters. The lowest BCUT2D eigenvalue weighted by molar-refractivity contribution is 0.471. The second-order valence-corrected chi connectivity index (χ2v) is 5.93. The molecule has 4 aromatic rings. The minimum Gasteiger partial charge on any atom is -0.505 e. The van der Waals surface area contributed by atoms with Crippen LogP contribution in [-0.4, -0.2) is 15.1 Å². The second kappa shape index (κ2) is 6.80. The van der Waals surface area contributed by atoms with Crippen LogP contribution >= 0.6 is 0 Å². The van der Waals surface area contributed by atoms with Crippen LogP contribution in [0, 0.1) is 5.82 Å². The summed E-state index contributed by atoms with van der Waals surface area (Å²) in [6, 6.07) is 18.7. The molecule has 0 amide bonds. The van der Waals surface area contributed by atoms with Crippen molar-refractivity contribution < 1.29 is 9.50 Å². The molecule has 1 unspecified atom stereocenters. The van der Waals surface area contributed by atoms with Gasteiger partial charge in [0.1, 0.15) is 22.9 Å². The number of halogens is 1. The Balaban J connectivity index is 1.86. The highest BCUT2D eigenvalue weighted by atomic mass is 19.1. The van der Waals surface area contributed by atoms with Crippen LogP contribution in [0.3, 0.4) is 0 Å². The van der Waals surface area contributed by atoms with Gasteiger partial charge in [-0.15, -0.1) is 0 Å². The molecule has 0 aliphatic heterocycles.